The van der Waals surface area contributed by atoms with E-state index < -0.39 is 14.9 Å². The van der Waals surface area contributed by atoms with Crippen molar-refractivity contribution >= 4 is 38.9 Å². The van der Waals surface area contributed by atoms with Crippen LogP contribution in [0.2, 0.25) is 10.0 Å². The lowest BCUT2D eigenvalue weighted by Crippen LogP contribution is -2.45. The Morgan fingerprint density at radius 1 is 0.969 bits per heavy atom. The van der Waals surface area contributed by atoms with Gasteiger partial charge in [-0.15, -0.1) is 0 Å². The van der Waals surface area contributed by atoms with Crippen LogP contribution in [0, 0.1) is 10.1 Å². The standard InChI is InChI=1S/C21H23Cl2N3O5S/c22-15-11-16(23)13-19(12-15)31-20-4-3-18(26(27)28)14-21(20)32(29,30)25-9-5-17(6-10-25)24-7-1-2-8-24/h3-4,11-14,17H,1-2,5-10H2. The molecule has 0 bridgehead atoms. The first-order valence-electron chi connectivity index (χ1n) is 10.4. The van der Waals surface area contributed by atoms with E-state index in [1.54, 1.807) is 0 Å². The normalized spacial score (nSPS) is 18.7. The van der Waals surface area contributed by atoms with Crippen LogP contribution < -0.4 is 4.74 Å². The van der Waals surface area contributed by atoms with E-state index in [-0.39, 0.29) is 22.1 Å². The van der Waals surface area contributed by atoms with Gasteiger partial charge in [0.1, 0.15) is 16.4 Å². The van der Waals surface area contributed by atoms with Gasteiger partial charge in [-0.1, -0.05) is 23.2 Å². The first-order valence-corrected chi connectivity index (χ1v) is 12.6. The maximum absolute atomic E-state index is 13.5. The smallest absolute Gasteiger partial charge is 0.271 e. The van der Waals surface area contributed by atoms with Gasteiger partial charge in [0.25, 0.3) is 5.69 Å². The molecule has 2 aromatic carbocycles. The molecule has 2 aliphatic heterocycles. The van der Waals surface area contributed by atoms with E-state index >= 15 is 0 Å². The molecule has 0 aliphatic carbocycles. The number of hydrogen-bond donors (Lipinski definition) is 0. The molecule has 8 nitrogen and oxygen atoms in total. The Kier molecular flexibility index (Phi) is 6.92. The van der Waals surface area contributed by atoms with Gasteiger partial charge < -0.3 is 9.64 Å². The largest absolute Gasteiger partial charge is 0.456 e. The van der Waals surface area contributed by atoms with Crippen molar-refractivity contribution in [3.63, 3.8) is 0 Å². The summed E-state index contributed by atoms with van der Waals surface area (Å²) in [6, 6.07) is 8.42. The van der Waals surface area contributed by atoms with Gasteiger partial charge in [-0.05, 0) is 63.0 Å². The third-order valence-corrected chi connectivity index (χ3v) is 8.26. The molecule has 0 radical (unpaired) electrons. The van der Waals surface area contributed by atoms with Crippen LogP contribution in [0.15, 0.2) is 41.3 Å². The molecule has 0 amide bonds. The molecule has 0 unspecified atom stereocenters. The molecule has 2 fully saturated rings. The summed E-state index contributed by atoms with van der Waals surface area (Å²) in [5.41, 5.74) is -0.327. The number of halogens is 2. The number of nitro benzene ring substituents is 1. The predicted molar refractivity (Wildman–Crippen MR) is 122 cm³/mol. The third kappa shape index (κ3) is 5.02. The second-order valence-corrected chi connectivity index (χ2v) is 10.8. The van der Waals surface area contributed by atoms with E-state index in [1.807, 2.05) is 0 Å². The van der Waals surface area contributed by atoms with E-state index in [0.717, 1.165) is 32.0 Å². The minimum absolute atomic E-state index is 0.0180. The Morgan fingerprint density at radius 2 is 1.59 bits per heavy atom. The predicted octanol–water partition coefficient (Wildman–Crippen LogP) is 4.94. The molecule has 0 saturated carbocycles. The van der Waals surface area contributed by atoms with Crippen LogP contribution in [0.25, 0.3) is 0 Å². The van der Waals surface area contributed by atoms with Crippen molar-refractivity contribution in [3.05, 3.63) is 56.6 Å². The van der Waals surface area contributed by atoms with E-state index in [9.17, 15) is 18.5 Å². The van der Waals surface area contributed by atoms with Gasteiger partial charge in [0.15, 0.2) is 0 Å². The number of hydrogen-bond acceptors (Lipinski definition) is 6. The van der Waals surface area contributed by atoms with Crippen molar-refractivity contribution in [2.75, 3.05) is 26.2 Å². The topological polar surface area (TPSA) is 93.0 Å². The zero-order chi connectivity index (χ0) is 22.9. The van der Waals surface area contributed by atoms with Crippen molar-refractivity contribution in [3.8, 4) is 11.5 Å². The van der Waals surface area contributed by atoms with E-state index in [0.29, 0.717) is 29.2 Å². The lowest BCUT2D eigenvalue weighted by molar-refractivity contribution is -0.385. The fourth-order valence-corrected chi connectivity index (χ4v) is 6.41. The number of rotatable bonds is 6. The summed E-state index contributed by atoms with van der Waals surface area (Å²) in [5, 5.41) is 12.0. The third-order valence-electron chi connectivity index (χ3n) is 5.90. The zero-order valence-electron chi connectivity index (χ0n) is 17.2. The molecule has 0 aromatic heterocycles. The average Bonchev–Trinajstić information content (AvgIpc) is 3.28. The Hall–Kier alpha value is -1.91. The van der Waals surface area contributed by atoms with Crippen LogP contribution in [0.4, 0.5) is 5.69 Å². The average molecular weight is 500 g/mol. The van der Waals surface area contributed by atoms with Gasteiger partial charge in [0.2, 0.25) is 10.0 Å². The summed E-state index contributed by atoms with van der Waals surface area (Å²) >= 11 is 12.0. The number of piperidine rings is 1. The Labute approximate surface area is 196 Å². The SMILES string of the molecule is O=[N+]([O-])c1ccc(Oc2cc(Cl)cc(Cl)c2)c(S(=O)(=O)N2CCC(N3CCCC3)CC2)c1. The fourth-order valence-electron chi connectivity index (χ4n) is 4.30. The van der Waals surface area contributed by atoms with Gasteiger partial charge in [-0.3, -0.25) is 10.1 Å². The molecule has 2 heterocycles. The number of benzene rings is 2. The highest BCUT2D eigenvalue weighted by Crippen LogP contribution is 2.36. The minimum atomic E-state index is -4.02. The van der Waals surface area contributed by atoms with Crippen molar-refractivity contribution < 1.29 is 18.1 Å². The Balaban J connectivity index is 1.62. The second-order valence-electron chi connectivity index (χ2n) is 7.97. The first-order chi connectivity index (χ1) is 15.2. The zero-order valence-corrected chi connectivity index (χ0v) is 19.6. The Bertz CT molecular complexity index is 1090. The van der Waals surface area contributed by atoms with Crippen LogP contribution in [-0.2, 0) is 10.0 Å². The maximum atomic E-state index is 13.5. The highest BCUT2D eigenvalue weighted by molar-refractivity contribution is 7.89. The second kappa shape index (κ2) is 9.52. The highest BCUT2D eigenvalue weighted by Gasteiger charge is 2.35. The van der Waals surface area contributed by atoms with Crippen LogP contribution >= 0.6 is 23.2 Å². The molecule has 2 aromatic rings. The molecule has 4 rings (SSSR count). The van der Waals surface area contributed by atoms with Crippen molar-refractivity contribution in [2.45, 2.75) is 36.6 Å². The van der Waals surface area contributed by atoms with E-state index in [2.05, 4.69) is 4.90 Å². The minimum Gasteiger partial charge on any atom is -0.456 e. The number of ether oxygens (including phenoxy) is 1. The molecule has 0 N–H and O–H groups in total. The number of sulfonamides is 1. The number of likely N-dealkylation sites (tertiary alicyclic amines) is 1. The summed E-state index contributed by atoms with van der Waals surface area (Å²) in [6.07, 6.45) is 3.82. The van der Waals surface area contributed by atoms with Gasteiger partial charge in [-0.25, -0.2) is 8.42 Å². The number of nitro groups is 1. The molecule has 32 heavy (non-hydrogen) atoms. The summed E-state index contributed by atoms with van der Waals surface area (Å²) in [7, 11) is -4.02. The van der Waals surface area contributed by atoms with Crippen LogP contribution in [-0.4, -0.2) is 54.8 Å². The van der Waals surface area contributed by atoms with E-state index in [1.165, 1.54) is 47.5 Å². The molecule has 2 aliphatic rings. The summed E-state index contributed by atoms with van der Waals surface area (Å²) in [4.78, 5) is 12.9. The van der Waals surface area contributed by atoms with Gasteiger partial charge in [0, 0.05) is 41.3 Å². The number of non-ortho nitro benzene ring substituents is 1. The Morgan fingerprint density at radius 3 is 2.19 bits per heavy atom. The molecular weight excluding hydrogens is 477 g/mol. The summed E-state index contributed by atoms with van der Waals surface area (Å²) in [6.45, 7) is 2.83. The lowest BCUT2D eigenvalue weighted by Gasteiger charge is -2.36. The molecule has 11 heteroatoms. The molecular formula is C21H23Cl2N3O5S. The quantitative estimate of drug-likeness (QED) is 0.412. The van der Waals surface area contributed by atoms with Gasteiger partial charge in [0.05, 0.1) is 4.92 Å². The molecule has 172 valence electrons. The summed E-state index contributed by atoms with van der Waals surface area (Å²) in [5.74, 6) is 0.219. The van der Waals surface area contributed by atoms with Crippen LogP contribution in [0.5, 0.6) is 11.5 Å². The van der Waals surface area contributed by atoms with E-state index in [4.69, 9.17) is 27.9 Å². The monoisotopic (exact) mass is 499 g/mol. The first kappa shape index (κ1) is 23.3. The van der Waals surface area contributed by atoms with Crippen LogP contribution in [0.1, 0.15) is 25.7 Å². The van der Waals surface area contributed by atoms with Crippen molar-refractivity contribution in [1.29, 1.82) is 0 Å². The highest BCUT2D eigenvalue weighted by atomic mass is 35.5. The summed E-state index contributed by atoms with van der Waals surface area (Å²) < 4.78 is 34.2. The van der Waals surface area contributed by atoms with Crippen molar-refractivity contribution in [2.24, 2.45) is 0 Å². The lowest BCUT2D eigenvalue weighted by atomic mass is 10.1. The van der Waals surface area contributed by atoms with Gasteiger partial charge >= 0.3 is 0 Å². The fraction of sp³-hybridized carbons (Fsp3) is 0.429. The molecule has 0 spiro atoms. The van der Waals surface area contributed by atoms with Gasteiger partial charge in [-0.2, -0.15) is 4.31 Å². The molecule has 0 atom stereocenters. The van der Waals surface area contributed by atoms with Crippen LogP contribution in [0.3, 0.4) is 0 Å². The number of nitrogens with zero attached hydrogens (tertiary/aromatic N) is 3. The maximum Gasteiger partial charge on any atom is 0.271 e. The molecule has 2 saturated heterocycles. The van der Waals surface area contributed by atoms with Crippen molar-refractivity contribution in [1.82, 2.24) is 9.21 Å².